The van der Waals surface area contributed by atoms with Gasteiger partial charge in [0.25, 0.3) is 0 Å². The SMILES string of the molecule is [N-]=[N+]=NC1Cc2cc(F)c(F)c3ccn(c23)C1. The van der Waals surface area contributed by atoms with Crippen LogP contribution in [-0.2, 0) is 13.0 Å². The molecular weight excluding hydrogens is 226 g/mol. The van der Waals surface area contributed by atoms with E-state index in [2.05, 4.69) is 10.0 Å². The third-order valence-electron chi connectivity index (χ3n) is 3.09. The van der Waals surface area contributed by atoms with E-state index in [1.54, 1.807) is 16.8 Å². The number of benzene rings is 1. The van der Waals surface area contributed by atoms with E-state index in [9.17, 15) is 8.78 Å². The molecule has 0 amide bonds. The van der Waals surface area contributed by atoms with Gasteiger partial charge in [-0.2, -0.15) is 0 Å². The normalized spacial score (nSPS) is 18.1. The maximum absolute atomic E-state index is 13.5. The average molecular weight is 234 g/mol. The number of hydrogen-bond acceptors (Lipinski definition) is 1. The van der Waals surface area contributed by atoms with E-state index in [1.165, 1.54) is 6.07 Å². The van der Waals surface area contributed by atoms with Crippen LogP contribution in [0.15, 0.2) is 23.4 Å². The van der Waals surface area contributed by atoms with Crippen LogP contribution in [0.4, 0.5) is 8.78 Å². The van der Waals surface area contributed by atoms with E-state index in [0.717, 1.165) is 0 Å². The Labute approximate surface area is 95.1 Å². The van der Waals surface area contributed by atoms with Crippen LogP contribution < -0.4 is 0 Å². The highest BCUT2D eigenvalue weighted by molar-refractivity contribution is 5.84. The quantitative estimate of drug-likeness (QED) is 0.413. The molecule has 1 aliphatic heterocycles. The fourth-order valence-corrected chi connectivity index (χ4v) is 2.42. The van der Waals surface area contributed by atoms with Crippen LogP contribution in [0.25, 0.3) is 21.3 Å². The number of azide groups is 1. The minimum Gasteiger partial charge on any atom is -0.347 e. The van der Waals surface area contributed by atoms with Gasteiger partial charge in [0.15, 0.2) is 11.6 Å². The molecule has 0 bridgehead atoms. The van der Waals surface area contributed by atoms with E-state index in [-0.39, 0.29) is 6.04 Å². The van der Waals surface area contributed by atoms with Crippen molar-refractivity contribution in [1.82, 2.24) is 4.57 Å². The van der Waals surface area contributed by atoms with Gasteiger partial charge in [0, 0.05) is 23.0 Å². The Balaban J connectivity index is 2.26. The minimum atomic E-state index is -0.855. The molecule has 4 nitrogen and oxygen atoms in total. The highest BCUT2D eigenvalue weighted by Crippen LogP contribution is 2.30. The Morgan fingerprint density at radius 3 is 3.06 bits per heavy atom. The molecule has 2 heterocycles. The van der Waals surface area contributed by atoms with E-state index < -0.39 is 11.6 Å². The molecule has 1 atom stereocenters. The Kier molecular flexibility index (Phi) is 2.06. The molecular formula is C11H8F2N4. The van der Waals surface area contributed by atoms with Gasteiger partial charge in [-0.25, -0.2) is 8.78 Å². The van der Waals surface area contributed by atoms with Crippen LogP contribution >= 0.6 is 0 Å². The largest absolute Gasteiger partial charge is 0.347 e. The molecule has 2 aromatic rings. The second-order valence-electron chi connectivity index (χ2n) is 4.12. The molecule has 1 aliphatic rings. The molecule has 86 valence electrons. The molecule has 0 spiro atoms. The highest BCUT2D eigenvalue weighted by Gasteiger charge is 2.23. The summed E-state index contributed by atoms with van der Waals surface area (Å²) in [4.78, 5) is 2.76. The average Bonchev–Trinajstić information content (AvgIpc) is 2.71. The van der Waals surface area contributed by atoms with Gasteiger partial charge in [-0.05, 0) is 29.6 Å². The second kappa shape index (κ2) is 3.46. The molecule has 17 heavy (non-hydrogen) atoms. The van der Waals surface area contributed by atoms with Gasteiger partial charge in [-0.1, -0.05) is 5.11 Å². The predicted molar refractivity (Wildman–Crippen MR) is 58.5 cm³/mol. The lowest BCUT2D eigenvalue weighted by Crippen LogP contribution is -2.21. The lowest BCUT2D eigenvalue weighted by molar-refractivity contribution is 0.505. The summed E-state index contributed by atoms with van der Waals surface area (Å²) in [5.74, 6) is -1.67. The van der Waals surface area contributed by atoms with Crippen LogP contribution in [0.1, 0.15) is 5.56 Å². The summed E-state index contributed by atoms with van der Waals surface area (Å²) in [6, 6.07) is 2.50. The van der Waals surface area contributed by atoms with Gasteiger partial charge >= 0.3 is 0 Å². The maximum atomic E-state index is 13.5. The molecule has 0 aliphatic carbocycles. The smallest absolute Gasteiger partial charge is 0.168 e. The first-order valence-corrected chi connectivity index (χ1v) is 5.20. The molecule has 1 aromatic carbocycles. The van der Waals surface area contributed by atoms with Crippen molar-refractivity contribution in [3.8, 4) is 0 Å². The van der Waals surface area contributed by atoms with Crippen LogP contribution in [0.2, 0.25) is 0 Å². The highest BCUT2D eigenvalue weighted by atomic mass is 19.2. The van der Waals surface area contributed by atoms with Crippen molar-refractivity contribution < 1.29 is 8.78 Å². The fraction of sp³-hybridized carbons (Fsp3) is 0.273. The molecule has 6 heteroatoms. The van der Waals surface area contributed by atoms with E-state index in [4.69, 9.17) is 5.53 Å². The van der Waals surface area contributed by atoms with E-state index in [0.29, 0.717) is 29.4 Å². The molecule has 0 saturated carbocycles. The van der Waals surface area contributed by atoms with Gasteiger partial charge in [-0.3, -0.25) is 0 Å². The third-order valence-corrected chi connectivity index (χ3v) is 3.09. The molecule has 0 radical (unpaired) electrons. The van der Waals surface area contributed by atoms with Crippen molar-refractivity contribution >= 4 is 10.9 Å². The number of rotatable bonds is 1. The summed E-state index contributed by atoms with van der Waals surface area (Å²) in [5.41, 5.74) is 9.81. The van der Waals surface area contributed by atoms with Gasteiger partial charge in [0.2, 0.25) is 0 Å². The summed E-state index contributed by atoms with van der Waals surface area (Å²) in [5, 5.41) is 3.94. The van der Waals surface area contributed by atoms with Crippen molar-refractivity contribution in [2.45, 2.75) is 19.0 Å². The standard InChI is InChI=1S/C11H8F2N4/c12-9-4-6-3-7(15-16-14)5-17-2-1-8(10(9)13)11(6)17/h1-2,4,7H,3,5H2. The van der Waals surface area contributed by atoms with Gasteiger partial charge in [0.05, 0.1) is 11.6 Å². The maximum Gasteiger partial charge on any atom is 0.168 e. The van der Waals surface area contributed by atoms with Crippen molar-refractivity contribution in [1.29, 1.82) is 0 Å². The van der Waals surface area contributed by atoms with Crippen molar-refractivity contribution in [3.05, 3.63) is 46.0 Å². The summed E-state index contributed by atoms with van der Waals surface area (Å²) in [6.45, 7) is 0.506. The van der Waals surface area contributed by atoms with Crippen molar-refractivity contribution in [3.63, 3.8) is 0 Å². The van der Waals surface area contributed by atoms with E-state index in [1.807, 2.05) is 0 Å². The monoisotopic (exact) mass is 234 g/mol. The lowest BCUT2D eigenvalue weighted by atomic mass is 10.00. The molecule has 1 aromatic heterocycles. The Morgan fingerprint density at radius 1 is 1.47 bits per heavy atom. The Morgan fingerprint density at radius 2 is 2.29 bits per heavy atom. The van der Waals surface area contributed by atoms with Crippen LogP contribution in [0.5, 0.6) is 0 Å². The molecule has 0 N–H and O–H groups in total. The summed E-state index contributed by atoms with van der Waals surface area (Å²) < 4.78 is 28.7. The minimum absolute atomic E-state index is 0.243. The number of halogens is 2. The molecule has 3 rings (SSSR count). The first kappa shape index (κ1) is 10.1. The zero-order valence-electron chi connectivity index (χ0n) is 8.77. The molecule has 1 unspecified atom stereocenters. The number of aromatic nitrogens is 1. The molecule has 0 saturated heterocycles. The zero-order chi connectivity index (χ0) is 12.0. The Hall–Kier alpha value is -2.07. The first-order chi connectivity index (χ1) is 8.20. The van der Waals surface area contributed by atoms with Crippen molar-refractivity contribution in [2.75, 3.05) is 0 Å². The van der Waals surface area contributed by atoms with Gasteiger partial charge in [0.1, 0.15) is 0 Å². The van der Waals surface area contributed by atoms with E-state index >= 15 is 0 Å². The summed E-state index contributed by atoms with van der Waals surface area (Å²) in [6.07, 6.45) is 2.14. The third kappa shape index (κ3) is 1.38. The van der Waals surface area contributed by atoms with Crippen LogP contribution in [-0.4, -0.2) is 10.6 Å². The molecule has 0 fully saturated rings. The van der Waals surface area contributed by atoms with Crippen LogP contribution in [0, 0.1) is 11.6 Å². The predicted octanol–water partition coefficient (Wildman–Crippen LogP) is 3.15. The second-order valence-corrected chi connectivity index (χ2v) is 4.12. The fourth-order valence-electron chi connectivity index (χ4n) is 2.42. The topological polar surface area (TPSA) is 53.7 Å². The van der Waals surface area contributed by atoms with Gasteiger partial charge in [-0.15, -0.1) is 0 Å². The number of nitrogens with zero attached hydrogens (tertiary/aromatic N) is 4. The summed E-state index contributed by atoms with van der Waals surface area (Å²) in [7, 11) is 0. The summed E-state index contributed by atoms with van der Waals surface area (Å²) >= 11 is 0. The first-order valence-electron chi connectivity index (χ1n) is 5.20. The van der Waals surface area contributed by atoms with Gasteiger partial charge < -0.3 is 4.57 Å². The van der Waals surface area contributed by atoms with Crippen molar-refractivity contribution in [2.24, 2.45) is 5.11 Å². The Bertz CT molecular complexity index is 655. The zero-order valence-corrected chi connectivity index (χ0v) is 8.77. The van der Waals surface area contributed by atoms with Crippen LogP contribution in [0.3, 0.4) is 0 Å². The number of hydrogen-bond donors (Lipinski definition) is 0. The lowest BCUT2D eigenvalue weighted by Gasteiger charge is -2.21.